The van der Waals surface area contributed by atoms with Gasteiger partial charge in [0.1, 0.15) is 17.7 Å². The van der Waals surface area contributed by atoms with E-state index in [-0.39, 0.29) is 29.5 Å². The third kappa shape index (κ3) is 6.68. The van der Waals surface area contributed by atoms with E-state index in [2.05, 4.69) is 0 Å². The number of rotatable bonds is 7. The van der Waals surface area contributed by atoms with Gasteiger partial charge in [-0.1, -0.05) is 24.3 Å². The molecule has 0 radical (unpaired) electrons. The topological polar surface area (TPSA) is 113 Å². The van der Waals surface area contributed by atoms with Crippen molar-refractivity contribution in [2.24, 2.45) is 5.73 Å². The lowest BCUT2D eigenvalue weighted by Gasteiger charge is -2.24. The molecule has 3 aromatic rings. The molecule has 1 fully saturated rings. The first-order valence-electron chi connectivity index (χ1n) is 12.3. The van der Waals surface area contributed by atoms with Gasteiger partial charge >= 0.3 is 0 Å². The Balaban J connectivity index is 1.77. The monoisotopic (exact) mass is 553 g/mol. The summed E-state index contributed by atoms with van der Waals surface area (Å²) in [5.74, 6) is -1.54. The maximum absolute atomic E-state index is 15.5. The minimum atomic E-state index is -3.71. The van der Waals surface area contributed by atoms with Crippen LogP contribution in [0, 0.1) is 23.0 Å². The number of hydrogen-bond acceptors (Lipinski definition) is 6. The predicted molar refractivity (Wildman–Crippen MR) is 144 cm³/mol. The van der Waals surface area contributed by atoms with E-state index in [1.54, 1.807) is 61.2 Å². The van der Waals surface area contributed by atoms with Gasteiger partial charge in [0, 0.05) is 36.7 Å². The Bertz CT molecular complexity index is 1580. The van der Waals surface area contributed by atoms with Crippen LogP contribution in [0.15, 0.2) is 54.6 Å². The van der Waals surface area contributed by atoms with Gasteiger partial charge < -0.3 is 10.6 Å². The molecule has 39 heavy (non-hydrogen) atoms. The highest BCUT2D eigenvalue weighted by molar-refractivity contribution is 7.86. The van der Waals surface area contributed by atoms with E-state index in [0.29, 0.717) is 47.3 Å². The summed E-state index contributed by atoms with van der Waals surface area (Å²) in [6.07, 6.45) is 1.79. The van der Waals surface area contributed by atoms with E-state index in [1.165, 1.54) is 18.2 Å². The average Bonchev–Trinajstić information content (AvgIpc) is 3.28. The molecule has 1 heterocycles. The number of hydrogen-bond donors (Lipinski definition) is 1. The highest BCUT2D eigenvalue weighted by Gasteiger charge is 2.27. The number of halogens is 2. The second-order valence-electron chi connectivity index (χ2n) is 10.4. The summed E-state index contributed by atoms with van der Waals surface area (Å²) in [7, 11) is -3.71. The summed E-state index contributed by atoms with van der Waals surface area (Å²) in [4.78, 5) is 14.8. The maximum Gasteiger partial charge on any atom is 0.264 e. The quantitative estimate of drug-likeness (QED) is 0.427. The fourth-order valence-electron chi connectivity index (χ4n) is 4.90. The van der Waals surface area contributed by atoms with Crippen molar-refractivity contribution in [3.63, 3.8) is 0 Å². The van der Waals surface area contributed by atoms with Gasteiger partial charge in [-0.05, 0) is 72.9 Å². The molecule has 3 aromatic carbocycles. The molecule has 0 aromatic heterocycles. The Morgan fingerprint density at radius 1 is 1.08 bits per heavy atom. The van der Waals surface area contributed by atoms with Crippen molar-refractivity contribution in [3.8, 4) is 28.3 Å². The Morgan fingerprint density at radius 2 is 1.79 bits per heavy atom. The Morgan fingerprint density at radius 3 is 2.38 bits per heavy atom. The maximum atomic E-state index is 15.5. The summed E-state index contributed by atoms with van der Waals surface area (Å²) >= 11 is 0. The van der Waals surface area contributed by atoms with Gasteiger partial charge in [0.2, 0.25) is 0 Å². The first-order valence-corrected chi connectivity index (χ1v) is 14.2. The first-order chi connectivity index (χ1) is 18.3. The molecule has 1 aliphatic heterocycles. The minimum Gasteiger partial charge on any atom is -0.337 e. The molecule has 2 N–H and O–H groups in total. The summed E-state index contributed by atoms with van der Waals surface area (Å²) in [6, 6.07) is 15.1. The van der Waals surface area contributed by atoms with Gasteiger partial charge in [-0.3, -0.25) is 8.98 Å². The highest BCUT2D eigenvalue weighted by atomic mass is 32.2. The van der Waals surface area contributed by atoms with Crippen molar-refractivity contribution >= 4 is 16.0 Å². The van der Waals surface area contributed by atoms with E-state index in [1.807, 2.05) is 0 Å². The van der Waals surface area contributed by atoms with Crippen molar-refractivity contribution in [1.29, 1.82) is 5.26 Å². The third-order valence-electron chi connectivity index (χ3n) is 6.51. The van der Waals surface area contributed by atoms with Gasteiger partial charge in [0.15, 0.2) is 0 Å². The number of likely N-dealkylation sites (tertiary alicyclic amines) is 1. The largest absolute Gasteiger partial charge is 0.337 e. The van der Waals surface area contributed by atoms with E-state index < -0.39 is 27.4 Å². The molecule has 0 saturated carbocycles. The van der Waals surface area contributed by atoms with Crippen LogP contribution in [0.4, 0.5) is 8.78 Å². The smallest absolute Gasteiger partial charge is 0.264 e. The zero-order valence-electron chi connectivity index (χ0n) is 21.9. The van der Waals surface area contributed by atoms with Crippen LogP contribution in [0.25, 0.3) is 22.3 Å². The van der Waals surface area contributed by atoms with Gasteiger partial charge in [-0.2, -0.15) is 13.7 Å². The number of nitrogens with two attached hydrogens (primary N) is 1. The minimum absolute atomic E-state index is 0.0965. The number of nitriles is 1. The molecule has 1 atom stereocenters. The van der Waals surface area contributed by atoms with Crippen molar-refractivity contribution in [1.82, 2.24) is 4.90 Å². The molecule has 0 spiro atoms. The molecule has 204 valence electrons. The standard InChI is InChI=1S/C29H29F2N3O4S/c1-29(2,38-39(3,36)37)15-18-4-8-24(27(31)12-18)23-9-7-20(28(35)34-11-10-22(33)17-34)13-25(23)19-5-6-21(16-32)26(30)14-19/h4-9,12-14,22H,10-11,15,17,33H2,1-3H3/t22-/m0/s1. The molecule has 1 amide bonds. The second kappa shape index (κ2) is 10.8. The number of benzene rings is 3. The van der Waals surface area contributed by atoms with Crippen molar-refractivity contribution < 1.29 is 26.2 Å². The van der Waals surface area contributed by atoms with Crippen molar-refractivity contribution in [3.05, 3.63) is 82.9 Å². The van der Waals surface area contributed by atoms with Crippen LogP contribution in [0.3, 0.4) is 0 Å². The average molecular weight is 554 g/mol. The lowest BCUT2D eigenvalue weighted by atomic mass is 9.90. The Hall–Kier alpha value is -3.65. The summed E-state index contributed by atoms with van der Waals surface area (Å²) < 4.78 is 58.4. The van der Waals surface area contributed by atoms with Crippen molar-refractivity contribution in [2.75, 3.05) is 19.3 Å². The zero-order chi connectivity index (χ0) is 28.5. The van der Waals surface area contributed by atoms with Crippen LogP contribution < -0.4 is 5.73 Å². The molecule has 0 bridgehead atoms. The molecule has 0 aliphatic carbocycles. The van der Waals surface area contributed by atoms with Crippen LogP contribution in [0.5, 0.6) is 0 Å². The van der Waals surface area contributed by atoms with Crippen LogP contribution in [-0.2, 0) is 20.7 Å². The normalized spacial score (nSPS) is 15.8. The number of carbonyl (C=O) groups is 1. The molecular weight excluding hydrogens is 524 g/mol. The van der Waals surface area contributed by atoms with Crippen LogP contribution in [0.1, 0.15) is 41.8 Å². The Kier molecular flexibility index (Phi) is 7.89. The molecular formula is C29H29F2N3O4S. The summed E-state index contributed by atoms with van der Waals surface area (Å²) in [5.41, 5.74) is 7.04. The Labute approximate surface area is 226 Å². The van der Waals surface area contributed by atoms with Crippen LogP contribution in [0.2, 0.25) is 0 Å². The van der Waals surface area contributed by atoms with E-state index >= 15 is 4.39 Å². The number of carbonyl (C=O) groups excluding carboxylic acids is 1. The third-order valence-corrected chi connectivity index (χ3v) is 7.26. The van der Waals surface area contributed by atoms with Gasteiger partial charge in [-0.25, -0.2) is 8.78 Å². The predicted octanol–water partition coefficient (Wildman–Crippen LogP) is 4.64. The van der Waals surface area contributed by atoms with E-state index in [4.69, 9.17) is 15.2 Å². The van der Waals surface area contributed by atoms with Crippen LogP contribution in [-0.4, -0.2) is 50.2 Å². The molecule has 10 heteroatoms. The van der Waals surface area contributed by atoms with Gasteiger partial charge in [0.25, 0.3) is 16.0 Å². The SMILES string of the molecule is CC(C)(Cc1ccc(-c2ccc(C(=O)N3CC[C@H](N)C3)cc2-c2ccc(C#N)c(F)c2)c(F)c1)OS(C)(=O)=O. The molecule has 1 aliphatic rings. The first kappa shape index (κ1) is 28.4. The van der Waals surface area contributed by atoms with Gasteiger partial charge in [0.05, 0.1) is 17.4 Å². The summed E-state index contributed by atoms with van der Waals surface area (Å²) in [6.45, 7) is 4.15. The van der Waals surface area contributed by atoms with E-state index in [0.717, 1.165) is 6.26 Å². The fourth-order valence-corrected chi connectivity index (χ4v) is 5.77. The van der Waals surface area contributed by atoms with E-state index in [9.17, 15) is 17.6 Å². The fraction of sp³-hybridized carbons (Fsp3) is 0.310. The van der Waals surface area contributed by atoms with Crippen LogP contribution >= 0.6 is 0 Å². The molecule has 7 nitrogen and oxygen atoms in total. The second-order valence-corrected chi connectivity index (χ2v) is 12.0. The molecule has 0 unspecified atom stereocenters. The lowest BCUT2D eigenvalue weighted by Crippen LogP contribution is -2.31. The van der Waals surface area contributed by atoms with Gasteiger partial charge in [-0.15, -0.1) is 0 Å². The molecule has 4 rings (SSSR count). The zero-order valence-corrected chi connectivity index (χ0v) is 22.7. The number of amides is 1. The number of nitrogens with zero attached hydrogens (tertiary/aromatic N) is 2. The highest BCUT2D eigenvalue weighted by Crippen LogP contribution is 2.36. The van der Waals surface area contributed by atoms with Crippen molar-refractivity contribution in [2.45, 2.75) is 38.3 Å². The summed E-state index contributed by atoms with van der Waals surface area (Å²) in [5, 5.41) is 9.14. The lowest BCUT2D eigenvalue weighted by molar-refractivity contribution is 0.0790. The molecule has 1 saturated heterocycles.